The van der Waals surface area contributed by atoms with E-state index in [2.05, 4.69) is 4.98 Å². The number of hydrogen-bond donors (Lipinski definition) is 1. The molecule has 2 nitrogen and oxygen atoms in total. The maximum absolute atomic E-state index is 5.53. The fourth-order valence-corrected chi connectivity index (χ4v) is 0.692. The van der Waals surface area contributed by atoms with Crippen LogP contribution in [0.3, 0.4) is 0 Å². The largest absolute Gasteiger partial charge is 0.382 e. The van der Waals surface area contributed by atoms with E-state index in [0.29, 0.717) is 10.2 Å². The SMILES string of the molecule is Nc1nc(Cl)ccc1Cl. The smallest absolute Gasteiger partial charge is 0.143 e. The van der Waals surface area contributed by atoms with Crippen molar-refractivity contribution in [2.24, 2.45) is 0 Å². The zero-order valence-electron chi connectivity index (χ0n) is 4.44. The third kappa shape index (κ3) is 1.47. The molecule has 0 spiro atoms. The van der Waals surface area contributed by atoms with Gasteiger partial charge >= 0.3 is 0 Å². The Hall–Kier alpha value is -0.470. The molecule has 0 radical (unpaired) electrons. The van der Waals surface area contributed by atoms with Crippen molar-refractivity contribution in [1.29, 1.82) is 0 Å². The molecular formula is C5H4Cl2N2. The van der Waals surface area contributed by atoms with Crippen LogP contribution in [0, 0.1) is 0 Å². The molecule has 0 amide bonds. The fraction of sp³-hybridized carbons (Fsp3) is 0. The highest BCUT2D eigenvalue weighted by Crippen LogP contribution is 2.17. The molecule has 0 bridgehead atoms. The Morgan fingerprint density at radius 2 is 2.00 bits per heavy atom. The Morgan fingerprint density at radius 3 is 2.44 bits per heavy atom. The van der Waals surface area contributed by atoms with E-state index in [1.54, 1.807) is 12.1 Å². The molecule has 4 heteroatoms. The summed E-state index contributed by atoms with van der Waals surface area (Å²) in [5, 5.41) is 0.788. The summed E-state index contributed by atoms with van der Waals surface area (Å²) in [4.78, 5) is 3.68. The molecular weight excluding hydrogens is 159 g/mol. The standard InChI is InChI=1S/C5H4Cl2N2/c6-3-1-2-4(7)9-5(3)8/h1-2H,(H2,8,9). The van der Waals surface area contributed by atoms with Gasteiger partial charge in [-0.1, -0.05) is 23.2 Å². The Kier molecular flexibility index (Phi) is 1.78. The van der Waals surface area contributed by atoms with Crippen molar-refractivity contribution in [3.05, 3.63) is 22.3 Å². The van der Waals surface area contributed by atoms with E-state index in [1.165, 1.54) is 0 Å². The number of nitrogen functional groups attached to an aromatic ring is 1. The van der Waals surface area contributed by atoms with Gasteiger partial charge < -0.3 is 5.73 Å². The molecule has 0 aliphatic carbocycles. The second-order valence-corrected chi connectivity index (χ2v) is 2.30. The fourth-order valence-electron chi connectivity index (χ4n) is 0.433. The van der Waals surface area contributed by atoms with Gasteiger partial charge in [0.05, 0.1) is 5.02 Å². The summed E-state index contributed by atoms with van der Waals surface area (Å²) in [6.45, 7) is 0. The van der Waals surface area contributed by atoms with E-state index in [1.807, 2.05) is 0 Å². The van der Waals surface area contributed by atoms with Crippen LogP contribution in [0.25, 0.3) is 0 Å². The van der Waals surface area contributed by atoms with Crippen molar-refractivity contribution in [2.75, 3.05) is 5.73 Å². The van der Waals surface area contributed by atoms with Gasteiger partial charge in [-0.2, -0.15) is 0 Å². The number of halogens is 2. The van der Waals surface area contributed by atoms with Crippen LogP contribution in [-0.4, -0.2) is 4.98 Å². The van der Waals surface area contributed by atoms with Gasteiger partial charge in [0.2, 0.25) is 0 Å². The molecule has 1 rings (SSSR count). The number of aromatic nitrogens is 1. The average Bonchev–Trinajstić information content (AvgIpc) is 1.80. The summed E-state index contributed by atoms with van der Waals surface area (Å²) in [6.07, 6.45) is 0. The summed E-state index contributed by atoms with van der Waals surface area (Å²) in [7, 11) is 0. The molecule has 0 aliphatic rings. The maximum atomic E-state index is 5.53. The molecule has 0 saturated carbocycles. The molecule has 0 atom stereocenters. The highest BCUT2D eigenvalue weighted by molar-refractivity contribution is 6.34. The van der Waals surface area contributed by atoms with Crippen LogP contribution in [0.5, 0.6) is 0 Å². The Morgan fingerprint density at radius 1 is 1.33 bits per heavy atom. The van der Waals surface area contributed by atoms with Crippen molar-refractivity contribution < 1.29 is 0 Å². The van der Waals surface area contributed by atoms with Crippen molar-refractivity contribution in [2.45, 2.75) is 0 Å². The molecule has 0 fully saturated rings. The first-order valence-corrected chi connectivity index (χ1v) is 3.03. The molecule has 0 saturated heterocycles. The topological polar surface area (TPSA) is 38.9 Å². The van der Waals surface area contributed by atoms with Crippen LogP contribution < -0.4 is 5.73 Å². The van der Waals surface area contributed by atoms with E-state index in [9.17, 15) is 0 Å². The lowest BCUT2D eigenvalue weighted by molar-refractivity contribution is 1.34. The summed E-state index contributed by atoms with van der Waals surface area (Å²) < 4.78 is 0. The van der Waals surface area contributed by atoms with Crippen LogP contribution in [0.4, 0.5) is 5.82 Å². The first kappa shape index (κ1) is 6.65. The summed E-state index contributed by atoms with van der Waals surface area (Å²) >= 11 is 11.0. The van der Waals surface area contributed by atoms with Gasteiger partial charge in [-0.05, 0) is 12.1 Å². The normalized spacial score (nSPS) is 9.56. The third-order valence-corrected chi connectivity index (χ3v) is 1.37. The molecule has 0 unspecified atom stereocenters. The zero-order valence-corrected chi connectivity index (χ0v) is 5.95. The van der Waals surface area contributed by atoms with Crippen molar-refractivity contribution in [1.82, 2.24) is 4.98 Å². The second-order valence-electron chi connectivity index (χ2n) is 1.50. The minimum Gasteiger partial charge on any atom is -0.382 e. The lowest BCUT2D eigenvalue weighted by Crippen LogP contribution is -1.89. The van der Waals surface area contributed by atoms with E-state index in [4.69, 9.17) is 28.9 Å². The van der Waals surface area contributed by atoms with Gasteiger partial charge in [0, 0.05) is 0 Å². The molecule has 1 aromatic heterocycles. The van der Waals surface area contributed by atoms with Gasteiger partial charge in [-0.15, -0.1) is 0 Å². The monoisotopic (exact) mass is 162 g/mol. The lowest BCUT2D eigenvalue weighted by Gasteiger charge is -1.93. The summed E-state index contributed by atoms with van der Waals surface area (Å²) in [5.41, 5.74) is 5.29. The van der Waals surface area contributed by atoms with Gasteiger partial charge in [0.15, 0.2) is 0 Å². The van der Waals surface area contributed by atoms with Crippen molar-refractivity contribution >= 4 is 29.0 Å². The maximum Gasteiger partial charge on any atom is 0.143 e. The molecule has 0 aliphatic heterocycles. The van der Waals surface area contributed by atoms with Crippen molar-refractivity contribution in [3.63, 3.8) is 0 Å². The number of nitrogens with two attached hydrogens (primary N) is 1. The van der Waals surface area contributed by atoms with Crippen LogP contribution >= 0.6 is 23.2 Å². The summed E-state index contributed by atoms with van der Waals surface area (Å²) in [5.74, 6) is 0.268. The lowest BCUT2D eigenvalue weighted by atomic mass is 10.5. The van der Waals surface area contributed by atoms with Gasteiger partial charge in [-0.3, -0.25) is 0 Å². The van der Waals surface area contributed by atoms with E-state index < -0.39 is 0 Å². The second kappa shape index (κ2) is 2.42. The van der Waals surface area contributed by atoms with Crippen LogP contribution in [0.2, 0.25) is 10.2 Å². The Labute approximate surface area is 62.6 Å². The van der Waals surface area contributed by atoms with Gasteiger partial charge in [-0.25, -0.2) is 4.98 Å². The summed E-state index contributed by atoms with van der Waals surface area (Å²) in [6, 6.07) is 3.19. The quantitative estimate of drug-likeness (QED) is 0.593. The number of hydrogen-bond acceptors (Lipinski definition) is 2. The minimum atomic E-state index is 0.268. The third-order valence-electron chi connectivity index (χ3n) is 0.839. The highest BCUT2D eigenvalue weighted by atomic mass is 35.5. The van der Waals surface area contributed by atoms with E-state index in [0.717, 1.165) is 0 Å². The minimum absolute atomic E-state index is 0.268. The van der Waals surface area contributed by atoms with Crippen molar-refractivity contribution in [3.8, 4) is 0 Å². The molecule has 1 heterocycles. The van der Waals surface area contributed by atoms with E-state index in [-0.39, 0.29) is 5.82 Å². The Bertz CT molecular complexity index is 224. The molecule has 1 aromatic rings. The molecule has 48 valence electrons. The molecule has 9 heavy (non-hydrogen) atoms. The zero-order chi connectivity index (χ0) is 6.85. The number of anilines is 1. The average molecular weight is 163 g/mol. The van der Waals surface area contributed by atoms with E-state index >= 15 is 0 Å². The Balaban J connectivity index is 3.17. The highest BCUT2D eigenvalue weighted by Gasteiger charge is 1.95. The number of pyridine rings is 1. The first-order chi connectivity index (χ1) is 4.20. The van der Waals surface area contributed by atoms with Crippen LogP contribution in [0.1, 0.15) is 0 Å². The van der Waals surface area contributed by atoms with Crippen LogP contribution in [0.15, 0.2) is 12.1 Å². The van der Waals surface area contributed by atoms with Crippen LogP contribution in [-0.2, 0) is 0 Å². The molecule has 0 aromatic carbocycles. The molecule has 2 N–H and O–H groups in total. The first-order valence-electron chi connectivity index (χ1n) is 2.27. The van der Waals surface area contributed by atoms with Gasteiger partial charge in [0.1, 0.15) is 11.0 Å². The number of rotatable bonds is 0. The number of nitrogens with zero attached hydrogens (tertiary/aromatic N) is 1. The van der Waals surface area contributed by atoms with Gasteiger partial charge in [0.25, 0.3) is 0 Å². The predicted molar refractivity (Wildman–Crippen MR) is 38.7 cm³/mol. The predicted octanol–water partition coefficient (Wildman–Crippen LogP) is 1.97.